The van der Waals surface area contributed by atoms with Crippen molar-refractivity contribution in [1.82, 2.24) is 4.90 Å². The number of hydrogen-bond donors (Lipinski definition) is 1. The number of hydrogen-bond acceptors (Lipinski definition) is 2. The molecule has 0 saturated heterocycles. The second-order valence-corrected chi connectivity index (χ2v) is 6.41. The lowest BCUT2D eigenvalue weighted by molar-refractivity contribution is -0.140. The molecule has 0 aromatic rings. The normalized spacial score (nSPS) is 35.6. The van der Waals surface area contributed by atoms with Crippen LogP contribution in [0.5, 0.6) is 0 Å². The standard InChI is InChI=1S/C15H28N2O/c1-4-17(10(2)3)15(18)13-8-11-6-5-7-12(9-13)14(11)16/h10-14H,4-9,16H2,1-3H3. The van der Waals surface area contributed by atoms with E-state index in [1.807, 2.05) is 4.90 Å². The Bertz CT molecular complexity index is 289. The summed E-state index contributed by atoms with van der Waals surface area (Å²) in [6.07, 6.45) is 5.83. The van der Waals surface area contributed by atoms with Crippen LogP contribution in [0.4, 0.5) is 0 Å². The van der Waals surface area contributed by atoms with Crippen molar-refractivity contribution in [2.24, 2.45) is 23.5 Å². The van der Waals surface area contributed by atoms with E-state index in [4.69, 9.17) is 5.73 Å². The van der Waals surface area contributed by atoms with Crippen molar-refractivity contribution in [3.63, 3.8) is 0 Å². The van der Waals surface area contributed by atoms with Crippen LogP contribution in [0.1, 0.15) is 52.9 Å². The number of carbonyl (C=O) groups is 1. The predicted molar refractivity (Wildman–Crippen MR) is 74.1 cm³/mol. The number of rotatable bonds is 3. The molecule has 0 spiro atoms. The number of nitrogens with zero attached hydrogens (tertiary/aromatic N) is 1. The van der Waals surface area contributed by atoms with Crippen molar-refractivity contribution in [3.05, 3.63) is 0 Å². The Morgan fingerprint density at radius 2 is 1.83 bits per heavy atom. The Morgan fingerprint density at radius 3 is 2.28 bits per heavy atom. The van der Waals surface area contributed by atoms with Crippen LogP contribution in [0, 0.1) is 17.8 Å². The summed E-state index contributed by atoms with van der Waals surface area (Å²) in [6, 6.07) is 0.676. The van der Waals surface area contributed by atoms with Crippen LogP contribution in [0.15, 0.2) is 0 Å². The zero-order valence-electron chi connectivity index (χ0n) is 12.1. The highest BCUT2D eigenvalue weighted by molar-refractivity contribution is 5.79. The molecule has 3 heteroatoms. The lowest BCUT2D eigenvalue weighted by Gasteiger charge is -2.44. The van der Waals surface area contributed by atoms with Gasteiger partial charge < -0.3 is 10.6 Å². The van der Waals surface area contributed by atoms with Crippen molar-refractivity contribution >= 4 is 5.91 Å². The highest BCUT2D eigenvalue weighted by Gasteiger charge is 2.41. The summed E-state index contributed by atoms with van der Waals surface area (Å²) in [6.45, 7) is 7.12. The average molecular weight is 252 g/mol. The molecule has 2 fully saturated rings. The second-order valence-electron chi connectivity index (χ2n) is 6.41. The smallest absolute Gasteiger partial charge is 0.225 e. The van der Waals surface area contributed by atoms with Gasteiger partial charge in [0.25, 0.3) is 0 Å². The van der Waals surface area contributed by atoms with Gasteiger partial charge in [0.2, 0.25) is 5.91 Å². The topological polar surface area (TPSA) is 46.3 Å². The fraction of sp³-hybridized carbons (Fsp3) is 0.933. The minimum Gasteiger partial charge on any atom is -0.340 e. The molecular weight excluding hydrogens is 224 g/mol. The van der Waals surface area contributed by atoms with E-state index in [1.54, 1.807) is 0 Å². The molecule has 0 heterocycles. The lowest BCUT2D eigenvalue weighted by Crippen LogP contribution is -2.50. The lowest BCUT2D eigenvalue weighted by atomic mass is 9.65. The van der Waals surface area contributed by atoms with Crippen LogP contribution in [0.3, 0.4) is 0 Å². The van der Waals surface area contributed by atoms with Crippen molar-refractivity contribution in [2.45, 2.75) is 65.0 Å². The molecule has 1 amide bonds. The van der Waals surface area contributed by atoms with Crippen LogP contribution in [-0.4, -0.2) is 29.4 Å². The Morgan fingerprint density at radius 1 is 1.28 bits per heavy atom. The molecule has 0 radical (unpaired) electrons. The van der Waals surface area contributed by atoms with Crippen molar-refractivity contribution in [2.75, 3.05) is 6.54 Å². The fourth-order valence-electron chi connectivity index (χ4n) is 4.00. The molecule has 3 nitrogen and oxygen atoms in total. The molecule has 2 rings (SSSR count). The third kappa shape index (κ3) is 2.56. The van der Waals surface area contributed by atoms with Gasteiger partial charge in [-0.15, -0.1) is 0 Å². The van der Waals surface area contributed by atoms with Crippen LogP contribution >= 0.6 is 0 Å². The van der Waals surface area contributed by atoms with E-state index < -0.39 is 0 Å². The molecule has 2 aliphatic carbocycles. The minimum atomic E-state index is 0.238. The summed E-state index contributed by atoms with van der Waals surface area (Å²) in [7, 11) is 0. The first-order chi connectivity index (χ1) is 8.54. The summed E-state index contributed by atoms with van der Waals surface area (Å²) >= 11 is 0. The van der Waals surface area contributed by atoms with Gasteiger partial charge >= 0.3 is 0 Å². The van der Waals surface area contributed by atoms with Crippen LogP contribution < -0.4 is 5.73 Å². The van der Waals surface area contributed by atoms with Crippen LogP contribution in [0.2, 0.25) is 0 Å². The molecule has 2 aliphatic rings. The average Bonchev–Trinajstić information content (AvgIpc) is 2.28. The van der Waals surface area contributed by atoms with Gasteiger partial charge in [0.1, 0.15) is 0 Å². The van der Waals surface area contributed by atoms with Gasteiger partial charge in [-0.2, -0.15) is 0 Å². The SMILES string of the molecule is CCN(C(=O)C1CC2CCCC(C1)C2N)C(C)C. The number of nitrogens with two attached hydrogens (primary N) is 1. The zero-order chi connectivity index (χ0) is 13.3. The maximum atomic E-state index is 12.6. The van der Waals surface area contributed by atoms with E-state index in [9.17, 15) is 4.79 Å². The van der Waals surface area contributed by atoms with Crippen LogP contribution in [-0.2, 0) is 4.79 Å². The Hall–Kier alpha value is -0.570. The Balaban J connectivity index is 2.04. The van der Waals surface area contributed by atoms with Crippen molar-refractivity contribution in [3.8, 4) is 0 Å². The fourth-order valence-corrected chi connectivity index (χ4v) is 4.00. The van der Waals surface area contributed by atoms with Gasteiger partial charge in [-0.1, -0.05) is 6.42 Å². The highest BCUT2D eigenvalue weighted by atomic mass is 16.2. The molecule has 104 valence electrons. The van der Waals surface area contributed by atoms with E-state index in [1.165, 1.54) is 19.3 Å². The predicted octanol–water partition coefficient (Wildman–Crippen LogP) is 2.40. The summed E-state index contributed by atoms with van der Waals surface area (Å²) in [5, 5.41) is 0. The Kier molecular flexibility index (Phi) is 4.31. The van der Waals surface area contributed by atoms with Crippen LogP contribution in [0.25, 0.3) is 0 Å². The summed E-state index contributed by atoms with van der Waals surface area (Å²) in [4.78, 5) is 14.6. The summed E-state index contributed by atoms with van der Waals surface area (Å²) in [5.74, 6) is 1.80. The van der Waals surface area contributed by atoms with Gasteiger partial charge in [0, 0.05) is 24.5 Å². The van der Waals surface area contributed by atoms with E-state index >= 15 is 0 Å². The minimum absolute atomic E-state index is 0.238. The zero-order valence-corrected chi connectivity index (χ0v) is 12.1. The first-order valence-corrected chi connectivity index (χ1v) is 7.60. The van der Waals surface area contributed by atoms with Crippen molar-refractivity contribution < 1.29 is 4.79 Å². The molecule has 2 unspecified atom stereocenters. The second kappa shape index (κ2) is 5.60. The van der Waals surface area contributed by atoms with E-state index in [0.717, 1.165) is 19.4 Å². The van der Waals surface area contributed by atoms with Gasteiger partial charge in [0.15, 0.2) is 0 Å². The van der Waals surface area contributed by atoms with E-state index in [-0.39, 0.29) is 5.92 Å². The van der Waals surface area contributed by atoms with Crippen molar-refractivity contribution in [1.29, 1.82) is 0 Å². The monoisotopic (exact) mass is 252 g/mol. The van der Waals surface area contributed by atoms with Gasteiger partial charge in [-0.25, -0.2) is 0 Å². The molecule has 2 saturated carbocycles. The molecule has 0 aliphatic heterocycles. The Labute approximate surface area is 111 Å². The van der Waals surface area contributed by atoms with E-state index in [2.05, 4.69) is 20.8 Å². The number of amides is 1. The highest BCUT2D eigenvalue weighted by Crippen LogP contribution is 2.42. The molecule has 0 aromatic heterocycles. The molecule has 2 bridgehead atoms. The maximum Gasteiger partial charge on any atom is 0.225 e. The molecule has 2 N–H and O–H groups in total. The molecular formula is C15H28N2O. The molecule has 18 heavy (non-hydrogen) atoms. The summed E-state index contributed by atoms with van der Waals surface area (Å²) < 4.78 is 0. The maximum absolute atomic E-state index is 12.6. The van der Waals surface area contributed by atoms with E-state index in [0.29, 0.717) is 29.8 Å². The summed E-state index contributed by atoms with van der Waals surface area (Å²) in [5.41, 5.74) is 6.29. The quantitative estimate of drug-likeness (QED) is 0.838. The van der Waals surface area contributed by atoms with Gasteiger partial charge in [-0.05, 0) is 58.3 Å². The largest absolute Gasteiger partial charge is 0.340 e. The first kappa shape index (κ1) is 13.9. The third-order valence-electron chi connectivity index (χ3n) is 5.01. The third-order valence-corrected chi connectivity index (χ3v) is 5.01. The molecule has 2 atom stereocenters. The van der Waals surface area contributed by atoms with Gasteiger partial charge in [-0.3, -0.25) is 4.79 Å². The first-order valence-electron chi connectivity index (χ1n) is 7.60. The van der Waals surface area contributed by atoms with Gasteiger partial charge in [0.05, 0.1) is 0 Å². The number of carbonyl (C=O) groups excluding carboxylic acids is 1. The number of fused-ring (bicyclic) bond motifs is 2. The molecule has 0 aromatic carbocycles.